The van der Waals surface area contributed by atoms with Gasteiger partial charge in [-0.25, -0.2) is 8.42 Å². The topological polar surface area (TPSA) is 66.8 Å². The van der Waals surface area contributed by atoms with Gasteiger partial charge in [0, 0.05) is 16.6 Å². The highest BCUT2D eigenvalue weighted by atomic mass is 79.9. The second-order valence-corrected chi connectivity index (χ2v) is 9.86. The Morgan fingerprint density at radius 2 is 2.18 bits per heavy atom. The van der Waals surface area contributed by atoms with Crippen LogP contribution in [0.3, 0.4) is 0 Å². The zero-order chi connectivity index (χ0) is 16.1. The Labute approximate surface area is 146 Å². The maximum atomic E-state index is 11.9. The molecule has 2 heterocycles. The van der Waals surface area contributed by atoms with Gasteiger partial charge in [0.15, 0.2) is 15.0 Å². The molecule has 0 bridgehead atoms. The van der Waals surface area contributed by atoms with Gasteiger partial charge in [0.05, 0.1) is 28.3 Å². The Kier molecular flexibility index (Phi) is 4.30. The molecule has 0 radical (unpaired) electrons. The van der Waals surface area contributed by atoms with Crippen LogP contribution in [0.5, 0.6) is 0 Å². The van der Waals surface area contributed by atoms with Crippen LogP contribution >= 0.6 is 39.3 Å². The summed E-state index contributed by atoms with van der Waals surface area (Å²) in [7, 11) is -3.07. The fraction of sp³-hybridized carbons (Fsp3) is 0.385. The quantitative estimate of drug-likeness (QED) is 0.695. The summed E-state index contributed by atoms with van der Waals surface area (Å²) in [5, 5.41) is 0.876. The Balaban J connectivity index is 2.08. The van der Waals surface area contributed by atoms with Crippen molar-refractivity contribution in [3.8, 4) is 0 Å². The largest absolute Gasteiger partial charge is 0.314 e. The van der Waals surface area contributed by atoms with Crippen LogP contribution < -0.4 is 4.90 Å². The Hall–Kier alpha value is -0.570. The van der Waals surface area contributed by atoms with Crippen molar-refractivity contribution >= 4 is 65.9 Å². The second kappa shape index (κ2) is 5.81. The average molecular weight is 424 g/mol. The van der Waals surface area contributed by atoms with Gasteiger partial charge in [-0.15, -0.1) is 0 Å². The first kappa shape index (κ1) is 16.3. The molecule has 3 rings (SSSR count). The summed E-state index contributed by atoms with van der Waals surface area (Å²) in [4.78, 5) is 17.2. The van der Waals surface area contributed by atoms with E-state index in [1.54, 1.807) is 17.0 Å². The van der Waals surface area contributed by atoms with E-state index in [2.05, 4.69) is 20.9 Å². The van der Waals surface area contributed by atoms with Gasteiger partial charge in [-0.05, 0) is 18.2 Å². The second-order valence-electron chi connectivity index (χ2n) is 5.18. The van der Waals surface area contributed by atoms with Crippen molar-refractivity contribution < 1.29 is 13.2 Å². The van der Waals surface area contributed by atoms with E-state index in [0.717, 1.165) is 4.47 Å². The molecule has 2 aliphatic rings. The third kappa shape index (κ3) is 3.06. The molecule has 9 heteroatoms. The molecule has 1 aromatic rings. The van der Waals surface area contributed by atoms with Crippen LogP contribution in [0.4, 0.5) is 5.69 Å². The number of sulfone groups is 1. The Morgan fingerprint density at radius 3 is 2.82 bits per heavy atom. The number of carbonyl (C=O) groups excluding carboxylic acids is 1. The lowest BCUT2D eigenvalue weighted by Gasteiger charge is -2.25. The van der Waals surface area contributed by atoms with E-state index in [1.807, 2.05) is 6.07 Å². The van der Waals surface area contributed by atoms with Crippen molar-refractivity contribution in [3.05, 3.63) is 27.7 Å². The number of nitrogens with zero attached hydrogens (tertiary/aromatic N) is 2. The number of amides is 1. The van der Waals surface area contributed by atoms with E-state index >= 15 is 0 Å². The first-order valence-electron chi connectivity index (χ1n) is 6.47. The molecule has 5 nitrogen and oxygen atoms in total. The number of carbonyl (C=O) groups is 1. The van der Waals surface area contributed by atoms with E-state index in [0.29, 0.717) is 15.9 Å². The highest BCUT2D eigenvalue weighted by molar-refractivity contribution is 9.10. The van der Waals surface area contributed by atoms with Crippen LogP contribution in [-0.4, -0.2) is 42.3 Å². The highest BCUT2D eigenvalue weighted by Gasteiger charge is 2.49. The molecule has 1 amide bonds. The highest BCUT2D eigenvalue weighted by Crippen LogP contribution is 2.43. The molecule has 0 aliphatic carbocycles. The van der Waals surface area contributed by atoms with Crippen molar-refractivity contribution in [2.45, 2.75) is 18.2 Å². The van der Waals surface area contributed by atoms with Crippen LogP contribution in [0.25, 0.3) is 0 Å². The van der Waals surface area contributed by atoms with Crippen LogP contribution in [-0.2, 0) is 14.6 Å². The van der Waals surface area contributed by atoms with Crippen molar-refractivity contribution in [1.82, 2.24) is 0 Å². The number of hydrogen-bond acceptors (Lipinski definition) is 4. The molecule has 22 heavy (non-hydrogen) atoms. The summed E-state index contributed by atoms with van der Waals surface area (Å²) >= 11 is 11.0. The predicted molar refractivity (Wildman–Crippen MR) is 93.6 cm³/mol. The van der Waals surface area contributed by atoms with Crippen LogP contribution in [0.2, 0.25) is 5.02 Å². The van der Waals surface area contributed by atoms with Gasteiger partial charge in [-0.3, -0.25) is 4.79 Å². The minimum atomic E-state index is -3.07. The molecule has 1 aromatic carbocycles. The zero-order valence-corrected chi connectivity index (χ0v) is 15.5. The van der Waals surface area contributed by atoms with E-state index < -0.39 is 9.84 Å². The lowest BCUT2D eigenvalue weighted by atomic mass is 10.2. The lowest BCUT2D eigenvalue weighted by molar-refractivity contribution is -0.115. The number of hydrogen-bond donors (Lipinski definition) is 0. The van der Waals surface area contributed by atoms with Crippen LogP contribution in [0.15, 0.2) is 27.7 Å². The van der Waals surface area contributed by atoms with Gasteiger partial charge >= 0.3 is 0 Å². The van der Waals surface area contributed by atoms with E-state index in [4.69, 9.17) is 11.6 Å². The van der Waals surface area contributed by atoms with Crippen molar-refractivity contribution in [1.29, 1.82) is 0 Å². The van der Waals surface area contributed by atoms with E-state index in [1.165, 1.54) is 18.7 Å². The van der Waals surface area contributed by atoms with Crippen molar-refractivity contribution in [2.24, 2.45) is 4.99 Å². The molecular weight excluding hydrogens is 412 g/mol. The average Bonchev–Trinajstić information content (AvgIpc) is 2.81. The van der Waals surface area contributed by atoms with Gasteiger partial charge in [0.2, 0.25) is 5.91 Å². The molecule has 2 saturated heterocycles. The lowest BCUT2D eigenvalue weighted by Crippen LogP contribution is -2.37. The van der Waals surface area contributed by atoms with Gasteiger partial charge in [0.1, 0.15) is 0 Å². The Morgan fingerprint density at radius 1 is 1.45 bits per heavy atom. The number of thioether (sulfide) groups is 1. The molecule has 0 aromatic heterocycles. The summed E-state index contributed by atoms with van der Waals surface area (Å²) in [5.74, 6) is -0.165. The number of fused-ring (bicyclic) bond motifs is 1. The number of aliphatic imine (C=N–C) groups is 1. The molecule has 2 fully saturated rings. The number of halogens is 2. The van der Waals surface area contributed by atoms with Gasteiger partial charge in [-0.2, -0.15) is 4.99 Å². The van der Waals surface area contributed by atoms with Gasteiger partial charge in [-0.1, -0.05) is 39.3 Å². The van der Waals surface area contributed by atoms with Crippen molar-refractivity contribution in [2.75, 3.05) is 16.4 Å². The van der Waals surface area contributed by atoms with Gasteiger partial charge in [0.25, 0.3) is 0 Å². The maximum Gasteiger partial charge on any atom is 0.244 e. The van der Waals surface area contributed by atoms with E-state index in [-0.39, 0.29) is 28.7 Å². The molecular formula is C13H12BrClN2O3S2. The number of amidine groups is 1. The molecule has 0 saturated carbocycles. The molecule has 0 unspecified atom stereocenters. The summed E-state index contributed by atoms with van der Waals surface area (Å²) in [6, 6.07) is 5.13. The van der Waals surface area contributed by atoms with Crippen LogP contribution in [0.1, 0.15) is 6.92 Å². The molecule has 2 aliphatic heterocycles. The summed E-state index contributed by atoms with van der Waals surface area (Å²) in [6.07, 6.45) is 0. The van der Waals surface area contributed by atoms with E-state index in [9.17, 15) is 13.2 Å². The number of rotatable bonds is 1. The first-order valence-corrected chi connectivity index (χ1v) is 10.3. The van der Waals surface area contributed by atoms with Gasteiger partial charge < -0.3 is 4.90 Å². The van der Waals surface area contributed by atoms with Crippen LogP contribution in [0, 0.1) is 0 Å². The summed E-state index contributed by atoms with van der Waals surface area (Å²) in [5.41, 5.74) is 0.668. The third-order valence-corrected chi connectivity index (χ3v) is 7.49. The molecule has 2 atom stereocenters. The fourth-order valence-electron chi connectivity index (χ4n) is 2.66. The molecule has 0 spiro atoms. The normalized spacial score (nSPS) is 28.1. The molecule has 118 valence electrons. The van der Waals surface area contributed by atoms with Crippen molar-refractivity contribution in [3.63, 3.8) is 0 Å². The predicted octanol–water partition coefficient (Wildman–Crippen LogP) is 2.72. The Bertz CT molecular complexity index is 781. The monoisotopic (exact) mass is 422 g/mol. The summed E-state index contributed by atoms with van der Waals surface area (Å²) < 4.78 is 24.6. The maximum absolute atomic E-state index is 11.9. The zero-order valence-electron chi connectivity index (χ0n) is 11.5. The minimum Gasteiger partial charge on any atom is -0.314 e. The molecule has 0 N–H and O–H groups in total. The standard InChI is InChI=1S/C13H12BrClN2O3S2/c1-7(18)16-13-17(10-3-2-8(14)4-9(10)15)11-5-22(19,20)6-12(11)21-13/h2-4,11-12H,5-6H2,1H3/t11-,12+/m1/s1. The smallest absolute Gasteiger partial charge is 0.244 e. The number of anilines is 1. The first-order chi connectivity index (χ1) is 10.3. The SMILES string of the molecule is CC(=O)N=C1S[C@H]2CS(=O)(=O)C[C@H]2N1c1ccc(Br)cc1Cl. The fourth-order valence-corrected chi connectivity index (χ4v) is 7.37. The minimum absolute atomic E-state index is 0.0496. The summed E-state index contributed by atoms with van der Waals surface area (Å²) in [6.45, 7) is 1.37. The third-order valence-electron chi connectivity index (χ3n) is 3.49. The number of benzene rings is 1.